The molecule has 0 fully saturated rings. The van der Waals surface area contributed by atoms with E-state index in [4.69, 9.17) is 0 Å². The van der Waals surface area contributed by atoms with E-state index in [1.807, 2.05) is 0 Å². The minimum Gasteiger partial charge on any atom is -0.0561 e. The molecule has 0 heteroatoms. The van der Waals surface area contributed by atoms with Crippen LogP contribution in [0.1, 0.15) is 74.9 Å². The summed E-state index contributed by atoms with van der Waals surface area (Å²) in [5.74, 6) is 0. The van der Waals surface area contributed by atoms with Crippen LogP contribution in [-0.4, -0.2) is 0 Å². The molecule has 2 aromatic rings. The molecule has 0 unspecified atom stereocenters. The molecule has 0 spiro atoms. The van der Waals surface area contributed by atoms with E-state index in [0.717, 1.165) is 0 Å². The molecule has 0 aliphatic rings. The molecule has 0 aliphatic heterocycles. The average Bonchev–Trinajstić information content (AvgIpc) is 2.41. The van der Waals surface area contributed by atoms with Crippen LogP contribution in [-0.2, 0) is 10.8 Å². The molecule has 0 amide bonds. The molecule has 0 heterocycles. The fraction of sp³-hybridized carbons (Fsp3) is 0.500. The molecular weight excluding hydrogens is 288 g/mol. The van der Waals surface area contributed by atoms with Crippen LogP contribution in [0, 0.1) is 27.7 Å². The van der Waals surface area contributed by atoms with Gasteiger partial charge in [0.15, 0.2) is 0 Å². The predicted molar refractivity (Wildman–Crippen MR) is 108 cm³/mol. The Kier molecular flexibility index (Phi) is 4.74. The summed E-state index contributed by atoms with van der Waals surface area (Å²) in [5, 5.41) is 0. The smallest absolute Gasteiger partial charge is 0.0126 e. The van der Waals surface area contributed by atoms with Crippen molar-refractivity contribution in [2.45, 2.75) is 80.1 Å². The Hall–Kier alpha value is -1.56. The van der Waals surface area contributed by atoms with E-state index in [1.165, 1.54) is 44.5 Å². The quantitative estimate of drug-likeness (QED) is 0.521. The molecule has 2 aromatic carbocycles. The Bertz CT molecular complexity index is 695. The number of rotatable bonds is 1. The van der Waals surface area contributed by atoms with Gasteiger partial charge in [0.05, 0.1) is 0 Å². The van der Waals surface area contributed by atoms with Gasteiger partial charge in [-0.1, -0.05) is 65.8 Å². The van der Waals surface area contributed by atoms with Crippen LogP contribution in [0.5, 0.6) is 0 Å². The molecule has 0 N–H and O–H groups in total. The summed E-state index contributed by atoms with van der Waals surface area (Å²) < 4.78 is 0. The van der Waals surface area contributed by atoms with Crippen molar-refractivity contribution >= 4 is 0 Å². The van der Waals surface area contributed by atoms with Crippen molar-refractivity contribution in [1.82, 2.24) is 0 Å². The van der Waals surface area contributed by atoms with E-state index in [9.17, 15) is 0 Å². The maximum atomic E-state index is 2.40. The van der Waals surface area contributed by atoms with E-state index in [-0.39, 0.29) is 10.8 Å². The van der Waals surface area contributed by atoms with Crippen molar-refractivity contribution in [2.75, 3.05) is 0 Å². The lowest BCUT2D eigenvalue weighted by atomic mass is 9.75. The molecule has 130 valence electrons. The van der Waals surface area contributed by atoms with Crippen LogP contribution in [0.25, 0.3) is 11.1 Å². The minimum absolute atomic E-state index is 0.127. The highest BCUT2D eigenvalue weighted by Gasteiger charge is 2.25. The molecule has 0 radical (unpaired) electrons. The van der Waals surface area contributed by atoms with Crippen LogP contribution in [0.15, 0.2) is 24.3 Å². The van der Waals surface area contributed by atoms with Gasteiger partial charge >= 0.3 is 0 Å². The Balaban J connectivity index is 2.91. The first-order valence-corrected chi connectivity index (χ1v) is 9.06. The van der Waals surface area contributed by atoms with Gasteiger partial charge < -0.3 is 0 Å². The van der Waals surface area contributed by atoms with Gasteiger partial charge in [-0.2, -0.15) is 0 Å². The summed E-state index contributed by atoms with van der Waals surface area (Å²) >= 11 is 0. The van der Waals surface area contributed by atoms with Gasteiger partial charge in [-0.25, -0.2) is 0 Å². The maximum Gasteiger partial charge on any atom is -0.0126 e. The summed E-state index contributed by atoms with van der Waals surface area (Å²) in [5.41, 5.74) is 11.4. The average molecular weight is 323 g/mol. The summed E-state index contributed by atoms with van der Waals surface area (Å²) in [6.07, 6.45) is 0. The monoisotopic (exact) mass is 322 g/mol. The van der Waals surface area contributed by atoms with Gasteiger partial charge in [-0.05, 0) is 83.0 Å². The number of hydrogen-bond acceptors (Lipinski definition) is 0. The van der Waals surface area contributed by atoms with Crippen molar-refractivity contribution in [3.8, 4) is 11.1 Å². The van der Waals surface area contributed by atoms with E-state index in [1.54, 1.807) is 0 Å². The molecule has 24 heavy (non-hydrogen) atoms. The highest BCUT2D eigenvalue weighted by Crippen LogP contribution is 2.41. The number of benzene rings is 2. The normalized spacial score (nSPS) is 12.6. The minimum atomic E-state index is 0.127. The van der Waals surface area contributed by atoms with Gasteiger partial charge in [0.2, 0.25) is 0 Å². The maximum absolute atomic E-state index is 2.40. The van der Waals surface area contributed by atoms with Gasteiger partial charge in [0, 0.05) is 0 Å². The van der Waals surface area contributed by atoms with Gasteiger partial charge in [0.25, 0.3) is 0 Å². The Morgan fingerprint density at radius 2 is 0.708 bits per heavy atom. The third-order valence-corrected chi connectivity index (χ3v) is 5.17. The molecule has 0 bridgehead atoms. The van der Waals surface area contributed by atoms with E-state index in [2.05, 4.69) is 93.5 Å². The second-order valence-electron chi connectivity index (χ2n) is 9.46. The van der Waals surface area contributed by atoms with E-state index < -0.39 is 0 Å². The van der Waals surface area contributed by atoms with Crippen molar-refractivity contribution in [3.05, 3.63) is 57.6 Å². The van der Waals surface area contributed by atoms with Crippen molar-refractivity contribution in [3.63, 3.8) is 0 Å². The van der Waals surface area contributed by atoms with Crippen LogP contribution in [0.4, 0.5) is 0 Å². The summed E-state index contributed by atoms with van der Waals surface area (Å²) in [6.45, 7) is 22.8. The van der Waals surface area contributed by atoms with Crippen molar-refractivity contribution in [2.24, 2.45) is 0 Å². The Morgan fingerprint density at radius 3 is 0.958 bits per heavy atom. The molecule has 0 saturated carbocycles. The van der Waals surface area contributed by atoms with Crippen LogP contribution >= 0.6 is 0 Å². The van der Waals surface area contributed by atoms with Gasteiger partial charge in [0.1, 0.15) is 0 Å². The highest BCUT2D eigenvalue weighted by atomic mass is 14.3. The molecule has 0 aliphatic carbocycles. The van der Waals surface area contributed by atoms with Crippen LogP contribution in [0.3, 0.4) is 0 Å². The van der Waals surface area contributed by atoms with Crippen molar-refractivity contribution in [1.29, 1.82) is 0 Å². The SMILES string of the molecule is Cc1cc(-c2cc(C)c(C)cc2C(C)(C)C)c(C(C)(C)C)cc1C. The topological polar surface area (TPSA) is 0 Å². The van der Waals surface area contributed by atoms with E-state index >= 15 is 0 Å². The molecular formula is C24H34. The molecule has 0 saturated heterocycles. The zero-order valence-electron chi connectivity index (χ0n) is 17.3. The van der Waals surface area contributed by atoms with Crippen LogP contribution in [0.2, 0.25) is 0 Å². The molecule has 2 rings (SSSR count). The third-order valence-electron chi connectivity index (χ3n) is 5.17. The fourth-order valence-corrected chi connectivity index (χ4v) is 3.32. The largest absolute Gasteiger partial charge is 0.0561 e. The molecule has 0 aromatic heterocycles. The zero-order chi connectivity index (χ0) is 18.4. The first-order valence-electron chi connectivity index (χ1n) is 9.06. The standard InChI is InChI=1S/C24H34/c1-15-11-19(21(13-17(15)3)23(5,6)7)20-12-16(2)18(4)14-22(20)24(8,9)10/h11-14H,1-10H3. The molecule has 0 atom stereocenters. The van der Waals surface area contributed by atoms with E-state index in [0.29, 0.717) is 0 Å². The predicted octanol–water partition coefficient (Wildman–Crippen LogP) is 7.18. The third kappa shape index (κ3) is 3.58. The van der Waals surface area contributed by atoms with Crippen molar-refractivity contribution < 1.29 is 0 Å². The Labute approximate surface area is 149 Å². The summed E-state index contributed by atoms with van der Waals surface area (Å²) in [7, 11) is 0. The number of hydrogen-bond donors (Lipinski definition) is 0. The van der Waals surface area contributed by atoms with Crippen LogP contribution < -0.4 is 0 Å². The Morgan fingerprint density at radius 1 is 0.458 bits per heavy atom. The fourth-order valence-electron chi connectivity index (χ4n) is 3.32. The summed E-state index contributed by atoms with van der Waals surface area (Å²) in [6, 6.07) is 9.59. The summed E-state index contributed by atoms with van der Waals surface area (Å²) in [4.78, 5) is 0. The lowest BCUT2D eigenvalue weighted by molar-refractivity contribution is 0.584. The lowest BCUT2D eigenvalue weighted by Gasteiger charge is -2.29. The number of aryl methyl sites for hydroxylation is 4. The zero-order valence-corrected chi connectivity index (χ0v) is 17.3. The highest BCUT2D eigenvalue weighted by molar-refractivity contribution is 5.75. The first-order chi connectivity index (χ1) is 10.8. The second kappa shape index (κ2) is 6.06. The molecule has 0 nitrogen and oxygen atoms in total. The first kappa shape index (κ1) is 18.8. The lowest BCUT2D eigenvalue weighted by Crippen LogP contribution is -2.17. The van der Waals surface area contributed by atoms with Gasteiger partial charge in [-0.15, -0.1) is 0 Å². The van der Waals surface area contributed by atoms with Gasteiger partial charge in [-0.3, -0.25) is 0 Å². The second-order valence-corrected chi connectivity index (χ2v) is 9.46.